The van der Waals surface area contributed by atoms with Crippen LogP contribution in [0.15, 0.2) is 47.6 Å². The van der Waals surface area contributed by atoms with Crippen LogP contribution in [0.1, 0.15) is 5.56 Å². The third-order valence-electron chi connectivity index (χ3n) is 2.83. The zero-order valence-corrected chi connectivity index (χ0v) is 12.1. The van der Waals surface area contributed by atoms with Crippen molar-refractivity contribution in [3.05, 3.63) is 48.2 Å². The van der Waals surface area contributed by atoms with Gasteiger partial charge in [-0.05, 0) is 18.1 Å². The van der Waals surface area contributed by atoms with Crippen molar-refractivity contribution in [3.63, 3.8) is 0 Å². The predicted octanol–water partition coefficient (Wildman–Crippen LogP) is 0.472. The summed E-state index contributed by atoms with van der Waals surface area (Å²) in [5.41, 5.74) is 0.820. The fraction of sp³-hybridized carbons (Fsp3) is 0.231. The number of nitrogens with one attached hydrogen (secondary N) is 2. The summed E-state index contributed by atoms with van der Waals surface area (Å²) in [7, 11) is -2.65. The number of nitrogens with zero attached hydrogens (tertiary/aromatic N) is 1. The summed E-state index contributed by atoms with van der Waals surface area (Å²) in [4.78, 5) is 11.8. The Labute approximate surface area is 122 Å². The van der Waals surface area contributed by atoms with E-state index in [1.165, 1.54) is 19.4 Å². The number of aromatic amines is 1. The average Bonchev–Trinajstić information content (AvgIpc) is 3.02. The van der Waals surface area contributed by atoms with Crippen LogP contribution in [-0.2, 0) is 26.0 Å². The molecule has 1 unspecified atom stereocenters. The number of carbonyl (C=O) groups excluding carboxylic acids is 1. The van der Waals surface area contributed by atoms with E-state index in [0.717, 1.165) is 5.56 Å². The lowest BCUT2D eigenvalue weighted by atomic mass is 10.1. The summed E-state index contributed by atoms with van der Waals surface area (Å²) < 4.78 is 31.2. The van der Waals surface area contributed by atoms with Gasteiger partial charge in [-0.1, -0.05) is 30.3 Å². The second kappa shape index (κ2) is 6.51. The molecule has 1 heterocycles. The average molecular weight is 309 g/mol. The molecule has 7 nitrogen and oxygen atoms in total. The van der Waals surface area contributed by atoms with Gasteiger partial charge in [0.2, 0.25) is 0 Å². The Morgan fingerprint density at radius 2 is 2.05 bits per heavy atom. The zero-order valence-electron chi connectivity index (χ0n) is 11.3. The van der Waals surface area contributed by atoms with Crippen molar-refractivity contribution in [1.82, 2.24) is 14.9 Å². The van der Waals surface area contributed by atoms with Gasteiger partial charge in [0.1, 0.15) is 6.04 Å². The van der Waals surface area contributed by atoms with Crippen LogP contribution in [0.5, 0.6) is 0 Å². The molecule has 0 bridgehead atoms. The lowest BCUT2D eigenvalue weighted by Gasteiger charge is -2.16. The van der Waals surface area contributed by atoms with Gasteiger partial charge >= 0.3 is 5.97 Å². The molecule has 21 heavy (non-hydrogen) atoms. The summed E-state index contributed by atoms with van der Waals surface area (Å²) in [5, 5.41) is 5.83. The van der Waals surface area contributed by atoms with Gasteiger partial charge in [0.05, 0.1) is 13.3 Å². The van der Waals surface area contributed by atoms with Crippen LogP contribution in [-0.4, -0.2) is 37.7 Å². The normalized spacial score (nSPS) is 12.8. The van der Waals surface area contributed by atoms with Crippen molar-refractivity contribution < 1.29 is 17.9 Å². The van der Waals surface area contributed by atoms with Crippen LogP contribution in [0.25, 0.3) is 0 Å². The summed E-state index contributed by atoms with van der Waals surface area (Å²) in [5.74, 6) is -0.651. The van der Waals surface area contributed by atoms with Gasteiger partial charge in [-0.15, -0.1) is 0 Å². The molecular formula is C13H15N3O4S. The van der Waals surface area contributed by atoms with Crippen LogP contribution in [0, 0.1) is 0 Å². The molecule has 8 heteroatoms. The maximum absolute atomic E-state index is 12.1. The molecule has 112 valence electrons. The number of ether oxygens (including phenoxy) is 1. The first-order valence-corrected chi connectivity index (χ1v) is 7.64. The Kier molecular flexibility index (Phi) is 4.71. The van der Waals surface area contributed by atoms with Gasteiger partial charge in [0.15, 0.2) is 5.03 Å². The first kappa shape index (κ1) is 15.2. The molecule has 0 aliphatic rings. The van der Waals surface area contributed by atoms with Crippen molar-refractivity contribution >= 4 is 16.0 Å². The number of aromatic nitrogens is 2. The van der Waals surface area contributed by atoms with Crippen LogP contribution in [0.4, 0.5) is 0 Å². The number of H-pyrrole nitrogens is 1. The molecule has 2 rings (SSSR count). The lowest BCUT2D eigenvalue weighted by Crippen LogP contribution is -2.43. The number of hydrogen-bond donors (Lipinski definition) is 2. The van der Waals surface area contributed by atoms with Gasteiger partial charge in [-0.25, -0.2) is 8.42 Å². The number of esters is 1. The minimum Gasteiger partial charge on any atom is -0.468 e. The number of benzene rings is 1. The molecule has 0 saturated heterocycles. The van der Waals surface area contributed by atoms with Gasteiger partial charge in [-0.2, -0.15) is 9.82 Å². The molecule has 0 radical (unpaired) electrons. The van der Waals surface area contributed by atoms with Crippen molar-refractivity contribution in [2.45, 2.75) is 17.5 Å². The van der Waals surface area contributed by atoms with Crippen molar-refractivity contribution in [1.29, 1.82) is 0 Å². The molecule has 2 N–H and O–H groups in total. The Balaban J connectivity index is 2.20. The maximum Gasteiger partial charge on any atom is 0.324 e. The predicted molar refractivity (Wildman–Crippen MR) is 74.9 cm³/mol. The number of sulfonamides is 1. The SMILES string of the molecule is COC(=O)C(Cc1ccccc1)NS(=O)(=O)c1ccn[nH]1. The minimum atomic E-state index is -3.86. The second-order valence-corrected chi connectivity index (χ2v) is 5.99. The van der Waals surface area contributed by atoms with Crippen molar-refractivity contribution in [3.8, 4) is 0 Å². The number of rotatable bonds is 6. The van der Waals surface area contributed by atoms with Gasteiger partial charge in [-0.3, -0.25) is 9.89 Å². The summed E-state index contributed by atoms with van der Waals surface area (Å²) in [6.07, 6.45) is 1.51. The Morgan fingerprint density at radius 3 is 2.62 bits per heavy atom. The summed E-state index contributed by atoms with van der Waals surface area (Å²) >= 11 is 0. The Morgan fingerprint density at radius 1 is 1.33 bits per heavy atom. The highest BCUT2D eigenvalue weighted by Gasteiger charge is 2.27. The van der Waals surface area contributed by atoms with Crippen LogP contribution in [0.3, 0.4) is 0 Å². The van der Waals surface area contributed by atoms with Crippen molar-refractivity contribution in [2.24, 2.45) is 0 Å². The van der Waals surface area contributed by atoms with Gasteiger partial charge < -0.3 is 4.74 Å². The first-order valence-electron chi connectivity index (χ1n) is 6.16. The summed E-state index contributed by atoms with van der Waals surface area (Å²) in [6, 6.07) is 9.37. The smallest absolute Gasteiger partial charge is 0.324 e. The molecule has 0 spiro atoms. The quantitative estimate of drug-likeness (QED) is 0.755. The Bertz CT molecular complexity index is 683. The van der Waals surface area contributed by atoms with Crippen LogP contribution >= 0.6 is 0 Å². The number of carbonyl (C=O) groups is 1. The third kappa shape index (κ3) is 3.89. The highest BCUT2D eigenvalue weighted by atomic mass is 32.2. The molecular weight excluding hydrogens is 294 g/mol. The van der Waals surface area contributed by atoms with E-state index in [9.17, 15) is 13.2 Å². The van der Waals surface area contributed by atoms with E-state index in [0.29, 0.717) is 0 Å². The van der Waals surface area contributed by atoms with E-state index in [-0.39, 0.29) is 11.4 Å². The molecule has 0 fully saturated rings. The van der Waals surface area contributed by atoms with E-state index in [4.69, 9.17) is 0 Å². The van der Waals surface area contributed by atoms with E-state index in [2.05, 4.69) is 19.7 Å². The fourth-order valence-corrected chi connectivity index (χ4v) is 2.90. The van der Waals surface area contributed by atoms with Crippen molar-refractivity contribution in [2.75, 3.05) is 7.11 Å². The number of hydrogen-bond acceptors (Lipinski definition) is 5. The Hall–Kier alpha value is -2.19. The zero-order chi connectivity index (χ0) is 15.3. The van der Waals surface area contributed by atoms with Crippen LogP contribution < -0.4 is 4.72 Å². The van der Waals surface area contributed by atoms with Gasteiger partial charge in [0, 0.05) is 0 Å². The lowest BCUT2D eigenvalue weighted by molar-refractivity contribution is -0.142. The monoisotopic (exact) mass is 309 g/mol. The van der Waals surface area contributed by atoms with Gasteiger partial charge in [0.25, 0.3) is 10.0 Å². The third-order valence-corrected chi connectivity index (χ3v) is 4.23. The molecule has 1 aromatic heterocycles. The first-order chi connectivity index (χ1) is 10.0. The molecule has 2 aromatic rings. The molecule has 1 aromatic carbocycles. The highest BCUT2D eigenvalue weighted by Crippen LogP contribution is 2.09. The van der Waals surface area contributed by atoms with E-state index in [1.807, 2.05) is 18.2 Å². The van der Waals surface area contributed by atoms with E-state index >= 15 is 0 Å². The maximum atomic E-state index is 12.1. The molecule has 0 saturated carbocycles. The van der Waals surface area contributed by atoms with Crippen LogP contribution in [0.2, 0.25) is 0 Å². The largest absolute Gasteiger partial charge is 0.468 e. The minimum absolute atomic E-state index is 0.107. The fourth-order valence-electron chi connectivity index (χ4n) is 1.81. The standard InChI is InChI=1S/C13H15N3O4S/c1-20-13(17)11(9-10-5-3-2-4-6-10)16-21(18,19)12-7-8-14-15-12/h2-8,11,16H,9H2,1H3,(H,14,15). The second-order valence-electron chi connectivity index (χ2n) is 4.31. The van der Waals surface area contributed by atoms with E-state index < -0.39 is 22.0 Å². The molecule has 0 aliphatic carbocycles. The summed E-state index contributed by atoms with van der Waals surface area (Å²) in [6.45, 7) is 0. The molecule has 0 amide bonds. The highest BCUT2D eigenvalue weighted by molar-refractivity contribution is 7.89. The molecule has 1 atom stereocenters. The topological polar surface area (TPSA) is 101 Å². The molecule has 0 aliphatic heterocycles. The van der Waals surface area contributed by atoms with E-state index in [1.54, 1.807) is 12.1 Å². The number of methoxy groups -OCH3 is 1.